The van der Waals surface area contributed by atoms with Crippen molar-refractivity contribution in [1.82, 2.24) is 9.88 Å². The monoisotopic (exact) mass is 325 g/mol. The molecule has 1 aromatic carbocycles. The molecule has 1 aromatic heterocycles. The molecule has 2 aromatic rings. The largest absolute Gasteiger partial charge is 0.492 e. The van der Waals surface area contributed by atoms with Gasteiger partial charge >= 0.3 is 0 Å². The fourth-order valence-corrected chi connectivity index (χ4v) is 2.37. The summed E-state index contributed by atoms with van der Waals surface area (Å²) in [5.74, 6) is 0.637. The number of thiazole rings is 1. The molecule has 0 saturated carbocycles. The summed E-state index contributed by atoms with van der Waals surface area (Å²) in [5.41, 5.74) is 0. The molecule has 0 saturated heterocycles. The van der Waals surface area contributed by atoms with E-state index in [1.165, 1.54) is 11.3 Å². The van der Waals surface area contributed by atoms with Crippen LogP contribution >= 0.6 is 22.9 Å². The molecule has 1 heterocycles. The smallest absolute Gasteiger partial charge is 0.240 e. The molecule has 5 nitrogen and oxygen atoms in total. The van der Waals surface area contributed by atoms with Crippen LogP contribution in [0.2, 0.25) is 5.02 Å². The summed E-state index contributed by atoms with van der Waals surface area (Å²) in [5, 5.41) is 5.81. The van der Waals surface area contributed by atoms with Gasteiger partial charge in [-0.05, 0) is 25.2 Å². The van der Waals surface area contributed by atoms with E-state index in [1.807, 2.05) is 29.5 Å². The van der Waals surface area contributed by atoms with E-state index >= 15 is 0 Å². The zero-order valence-electron chi connectivity index (χ0n) is 11.6. The van der Waals surface area contributed by atoms with Crippen molar-refractivity contribution in [2.45, 2.75) is 0 Å². The van der Waals surface area contributed by atoms with Crippen LogP contribution in [-0.4, -0.2) is 42.5 Å². The van der Waals surface area contributed by atoms with E-state index in [2.05, 4.69) is 10.3 Å². The van der Waals surface area contributed by atoms with E-state index < -0.39 is 0 Å². The Morgan fingerprint density at radius 3 is 3.10 bits per heavy atom. The van der Waals surface area contributed by atoms with Gasteiger partial charge in [-0.1, -0.05) is 17.7 Å². The van der Waals surface area contributed by atoms with Gasteiger partial charge in [-0.15, -0.1) is 11.3 Å². The van der Waals surface area contributed by atoms with E-state index in [4.69, 9.17) is 16.3 Å². The average molecular weight is 326 g/mol. The van der Waals surface area contributed by atoms with Crippen LogP contribution in [0.25, 0.3) is 0 Å². The van der Waals surface area contributed by atoms with E-state index in [1.54, 1.807) is 18.3 Å². The standard InChI is InChI=1S/C14H16ClN3O2S/c1-18(10-13(19)17-14-16-5-8-21-14)6-7-20-12-4-2-3-11(15)9-12/h2-5,8-9H,6-7,10H2,1H3,(H,16,17,19). The first-order valence-electron chi connectivity index (χ1n) is 6.40. The van der Waals surface area contributed by atoms with Gasteiger partial charge in [-0.25, -0.2) is 4.98 Å². The third kappa shape index (κ3) is 5.71. The molecule has 0 spiro atoms. The highest BCUT2D eigenvalue weighted by atomic mass is 35.5. The maximum absolute atomic E-state index is 11.8. The van der Waals surface area contributed by atoms with Gasteiger partial charge in [0.2, 0.25) is 5.91 Å². The molecule has 7 heteroatoms. The molecule has 0 aliphatic carbocycles. The highest BCUT2D eigenvalue weighted by Crippen LogP contribution is 2.16. The number of nitrogens with zero attached hydrogens (tertiary/aromatic N) is 2. The summed E-state index contributed by atoms with van der Waals surface area (Å²) in [4.78, 5) is 17.6. The number of anilines is 1. The van der Waals surface area contributed by atoms with E-state index in [0.29, 0.717) is 29.9 Å². The minimum Gasteiger partial charge on any atom is -0.492 e. The van der Waals surface area contributed by atoms with Gasteiger partial charge in [0.05, 0.1) is 6.54 Å². The first kappa shape index (κ1) is 15.8. The van der Waals surface area contributed by atoms with E-state index in [0.717, 1.165) is 5.75 Å². The normalized spacial score (nSPS) is 10.6. The number of benzene rings is 1. The van der Waals surface area contributed by atoms with Crippen molar-refractivity contribution in [3.05, 3.63) is 40.9 Å². The van der Waals surface area contributed by atoms with Crippen LogP contribution in [-0.2, 0) is 4.79 Å². The van der Waals surface area contributed by atoms with Crippen molar-refractivity contribution in [3.63, 3.8) is 0 Å². The number of amides is 1. The zero-order chi connectivity index (χ0) is 15.1. The van der Waals surface area contributed by atoms with Crippen molar-refractivity contribution in [2.75, 3.05) is 32.1 Å². The van der Waals surface area contributed by atoms with Crippen LogP contribution in [0.4, 0.5) is 5.13 Å². The molecule has 112 valence electrons. The third-order valence-corrected chi connectivity index (χ3v) is 3.55. The highest BCUT2D eigenvalue weighted by Gasteiger charge is 2.08. The fraction of sp³-hybridized carbons (Fsp3) is 0.286. The first-order chi connectivity index (χ1) is 10.1. The number of hydrogen-bond donors (Lipinski definition) is 1. The quantitative estimate of drug-likeness (QED) is 0.850. The molecule has 21 heavy (non-hydrogen) atoms. The molecular weight excluding hydrogens is 310 g/mol. The van der Waals surface area contributed by atoms with Gasteiger partial charge in [-0.3, -0.25) is 9.69 Å². The van der Waals surface area contributed by atoms with Crippen molar-refractivity contribution >= 4 is 34.0 Å². The molecule has 2 rings (SSSR count). The molecule has 0 atom stereocenters. The molecule has 0 aliphatic rings. The number of hydrogen-bond acceptors (Lipinski definition) is 5. The number of nitrogens with one attached hydrogen (secondary N) is 1. The number of ether oxygens (including phenoxy) is 1. The lowest BCUT2D eigenvalue weighted by Crippen LogP contribution is -2.33. The van der Waals surface area contributed by atoms with Gasteiger partial charge < -0.3 is 10.1 Å². The van der Waals surface area contributed by atoms with Crippen molar-refractivity contribution in [1.29, 1.82) is 0 Å². The Labute approximate surface area is 132 Å². The summed E-state index contributed by atoms with van der Waals surface area (Å²) < 4.78 is 5.58. The Balaban J connectivity index is 1.67. The van der Waals surface area contributed by atoms with E-state index in [9.17, 15) is 4.79 Å². The Bertz CT molecular complexity index is 577. The van der Waals surface area contributed by atoms with Crippen LogP contribution < -0.4 is 10.1 Å². The molecule has 0 bridgehead atoms. The number of aromatic nitrogens is 1. The predicted octanol–water partition coefficient (Wildman–Crippen LogP) is 2.75. The molecule has 1 N–H and O–H groups in total. The second-order valence-electron chi connectivity index (χ2n) is 4.43. The van der Waals surface area contributed by atoms with Crippen molar-refractivity contribution < 1.29 is 9.53 Å². The van der Waals surface area contributed by atoms with Crippen molar-refractivity contribution in [2.24, 2.45) is 0 Å². The average Bonchev–Trinajstić information content (AvgIpc) is 2.91. The molecule has 0 radical (unpaired) electrons. The Morgan fingerprint density at radius 1 is 1.52 bits per heavy atom. The molecule has 1 amide bonds. The minimum atomic E-state index is -0.0878. The summed E-state index contributed by atoms with van der Waals surface area (Å²) in [6.45, 7) is 1.41. The Kier molecular flexibility index (Phi) is 5.98. The van der Waals surface area contributed by atoms with Gasteiger partial charge in [0.1, 0.15) is 12.4 Å². The van der Waals surface area contributed by atoms with Gasteiger partial charge in [0, 0.05) is 23.1 Å². The maximum Gasteiger partial charge on any atom is 0.240 e. The summed E-state index contributed by atoms with van der Waals surface area (Å²) in [6.07, 6.45) is 1.66. The number of rotatable bonds is 7. The number of halogens is 1. The van der Waals surface area contributed by atoms with E-state index in [-0.39, 0.29) is 5.91 Å². The van der Waals surface area contributed by atoms with Crippen LogP contribution in [0.5, 0.6) is 5.75 Å². The van der Waals surface area contributed by atoms with Crippen LogP contribution in [0, 0.1) is 0 Å². The molecule has 0 fully saturated rings. The topological polar surface area (TPSA) is 54.5 Å². The SMILES string of the molecule is CN(CCOc1cccc(Cl)c1)CC(=O)Nc1nccs1. The van der Waals surface area contributed by atoms with Crippen molar-refractivity contribution in [3.8, 4) is 5.75 Å². The van der Waals surface area contributed by atoms with Gasteiger partial charge in [0.15, 0.2) is 5.13 Å². The second kappa shape index (κ2) is 7.97. The minimum absolute atomic E-state index is 0.0878. The second-order valence-corrected chi connectivity index (χ2v) is 5.76. The predicted molar refractivity (Wildman–Crippen MR) is 85.2 cm³/mol. The zero-order valence-corrected chi connectivity index (χ0v) is 13.2. The highest BCUT2D eigenvalue weighted by molar-refractivity contribution is 7.13. The lowest BCUT2D eigenvalue weighted by Gasteiger charge is -2.16. The Morgan fingerprint density at radius 2 is 2.38 bits per heavy atom. The third-order valence-electron chi connectivity index (χ3n) is 2.63. The number of likely N-dealkylation sites (N-methyl/N-ethyl adjacent to an activating group) is 1. The van der Waals surface area contributed by atoms with Crippen LogP contribution in [0.15, 0.2) is 35.8 Å². The summed E-state index contributed by atoms with van der Waals surface area (Å²) in [6, 6.07) is 7.24. The Hall–Kier alpha value is -1.63. The molecule has 0 unspecified atom stereocenters. The maximum atomic E-state index is 11.8. The van der Waals surface area contributed by atoms with Gasteiger partial charge in [-0.2, -0.15) is 0 Å². The number of carbonyl (C=O) groups is 1. The summed E-state index contributed by atoms with van der Waals surface area (Å²) in [7, 11) is 1.86. The van der Waals surface area contributed by atoms with Crippen LogP contribution in [0.3, 0.4) is 0 Å². The van der Waals surface area contributed by atoms with Crippen LogP contribution in [0.1, 0.15) is 0 Å². The lowest BCUT2D eigenvalue weighted by atomic mass is 10.3. The lowest BCUT2D eigenvalue weighted by molar-refractivity contribution is -0.117. The van der Waals surface area contributed by atoms with Gasteiger partial charge in [0.25, 0.3) is 0 Å². The molecular formula is C14H16ClN3O2S. The summed E-state index contributed by atoms with van der Waals surface area (Å²) >= 11 is 7.27. The first-order valence-corrected chi connectivity index (χ1v) is 7.65. The number of carbonyl (C=O) groups excluding carboxylic acids is 1. The fourth-order valence-electron chi connectivity index (χ4n) is 1.64. The molecule has 0 aliphatic heterocycles.